The Morgan fingerprint density at radius 2 is 2.21 bits per heavy atom. The van der Waals surface area contributed by atoms with Crippen molar-refractivity contribution >= 4 is 34.2 Å². The van der Waals surface area contributed by atoms with E-state index in [2.05, 4.69) is 15.3 Å². The van der Waals surface area contributed by atoms with Crippen molar-refractivity contribution in [2.45, 2.75) is 26.3 Å². The number of allylic oxidation sites excluding steroid dienone is 2. The van der Waals surface area contributed by atoms with Crippen LogP contribution in [0.15, 0.2) is 36.3 Å². The van der Waals surface area contributed by atoms with E-state index in [4.69, 9.17) is 11.1 Å². The van der Waals surface area contributed by atoms with Gasteiger partial charge in [0.25, 0.3) is 0 Å². The van der Waals surface area contributed by atoms with Crippen molar-refractivity contribution in [1.82, 2.24) is 15.3 Å². The highest BCUT2D eigenvalue weighted by molar-refractivity contribution is 6.02. The molecule has 122 valence electrons. The quantitative estimate of drug-likeness (QED) is 0.750. The minimum Gasteiger partial charge on any atom is -0.383 e. The summed E-state index contributed by atoms with van der Waals surface area (Å²) in [5, 5.41) is 12.3. The third-order valence-corrected chi connectivity index (χ3v) is 4.21. The van der Waals surface area contributed by atoms with Gasteiger partial charge in [0.1, 0.15) is 11.9 Å². The number of anilines is 1. The number of carbonyl (C=O) groups is 1. The molecule has 3 rings (SSSR count). The highest BCUT2D eigenvalue weighted by atomic mass is 16.1. The molecule has 3 heterocycles. The van der Waals surface area contributed by atoms with E-state index < -0.39 is 0 Å². The Bertz CT molecular complexity index is 898. The maximum atomic E-state index is 11.8. The molecule has 24 heavy (non-hydrogen) atoms. The van der Waals surface area contributed by atoms with Gasteiger partial charge in [0.05, 0.1) is 5.69 Å². The SMILES string of the molecule is CCC(=O)C1C=C(C)C(c2cc3cnc(N)c(C=N)c3cn2)=CN1. The fourth-order valence-electron chi connectivity index (χ4n) is 2.80. The van der Waals surface area contributed by atoms with Crippen LogP contribution in [-0.2, 0) is 4.79 Å². The lowest BCUT2D eigenvalue weighted by molar-refractivity contribution is -0.119. The molecule has 0 bridgehead atoms. The van der Waals surface area contributed by atoms with Crippen LogP contribution in [0.25, 0.3) is 16.3 Å². The van der Waals surface area contributed by atoms with Crippen LogP contribution in [0.2, 0.25) is 0 Å². The molecule has 0 saturated carbocycles. The molecule has 0 spiro atoms. The summed E-state index contributed by atoms with van der Waals surface area (Å²) in [6, 6.07) is 1.65. The average Bonchev–Trinajstić information content (AvgIpc) is 2.60. The second-order valence-electron chi connectivity index (χ2n) is 5.73. The Morgan fingerprint density at radius 1 is 1.42 bits per heavy atom. The predicted octanol–water partition coefficient (Wildman–Crippen LogP) is 2.45. The predicted molar refractivity (Wildman–Crippen MR) is 95.8 cm³/mol. The van der Waals surface area contributed by atoms with Gasteiger partial charge in [-0.25, -0.2) is 4.98 Å². The number of nitrogens with zero attached hydrogens (tertiary/aromatic N) is 2. The summed E-state index contributed by atoms with van der Waals surface area (Å²) in [5.41, 5.74) is 9.10. The number of hydrogen-bond donors (Lipinski definition) is 3. The van der Waals surface area contributed by atoms with E-state index >= 15 is 0 Å². The van der Waals surface area contributed by atoms with Gasteiger partial charge in [-0.2, -0.15) is 0 Å². The molecule has 1 aliphatic rings. The number of rotatable bonds is 4. The molecule has 0 saturated heterocycles. The van der Waals surface area contributed by atoms with Gasteiger partial charge in [0.15, 0.2) is 5.78 Å². The Kier molecular flexibility index (Phi) is 4.12. The monoisotopic (exact) mass is 321 g/mol. The largest absolute Gasteiger partial charge is 0.383 e. The maximum Gasteiger partial charge on any atom is 0.158 e. The first kappa shape index (κ1) is 15.9. The highest BCUT2D eigenvalue weighted by Gasteiger charge is 2.19. The van der Waals surface area contributed by atoms with Crippen LogP contribution < -0.4 is 11.1 Å². The molecule has 0 radical (unpaired) electrons. The van der Waals surface area contributed by atoms with Crippen LogP contribution in [0.1, 0.15) is 31.5 Å². The molecule has 2 aromatic rings. The average molecular weight is 321 g/mol. The van der Waals surface area contributed by atoms with E-state index in [-0.39, 0.29) is 11.8 Å². The number of nitrogens with two attached hydrogens (primary N) is 1. The van der Waals surface area contributed by atoms with Crippen LogP contribution in [0.5, 0.6) is 0 Å². The van der Waals surface area contributed by atoms with Gasteiger partial charge in [-0.15, -0.1) is 0 Å². The number of nitrogens with one attached hydrogen (secondary N) is 2. The number of pyridine rings is 2. The van der Waals surface area contributed by atoms with Crippen LogP contribution >= 0.6 is 0 Å². The summed E-state index contributed by atoms with van der Waals surface area (Å²) >= 11 is 0. The molecule has 0 aromatic carbocycles. The first-order valence-electron chi connectivity index (χ1n) is 7.78. The minimum absolute atomic E-state index is 0.159. The van der Waals surface area contributed by atoms with Crippen molar-refractivity contribution < 1.29 is 4.79 Å². The van der Waals surface area contributed by atoms with Crippen LogP contribution in [0, 0.1) is 5.41 Å². The number of ketones is 1. The highest BCUT2D eigenvalue weighted by Crippen LogP contribution is 2.28. The first-order chi connectivity index (χ1) is 11.5. The summed E-state index contributed by atoms with van der Waals surface area (Å²) in [7, 11) is 0. The van der Waals surface area contributed by atoms with Crippen molar-refractivity contribution in [2.24, 2.45) is 0 Å². The molecule has 0 fully saturated rings. The molecule has 6 heteroatoms. The second kappa shape index (κ2) is 6.23. The zero-order chi connectivity index (χ0) is 17.3. The van der Waals surface area contributed by atoms with Gasteiger partial charge in [-0.3, -0.25) is 9.78 Å². The Labute approximate surface area is 140 Å². The molecular formula is C18H19N5O. The van der Waals surface area contributed by atoms with Crippen LogP contribution in [0.4, 0.5) is 5.82 Å². The van der Waals surface area contributed by atoms with Gasteiger partial charge >= 0.3 is 0 Å². The third-order valence-electron chi connectivity index (χ3n) is 4.21. The molecule has 6 nitrogen and oxygen atoms in total. The fraction of sp³-hybridized carbons (Fsp3) is 0.222. The van der Waals surface area contributed by atoms with Gasteiger partial charge in [-0.05, 0) is 18.6 Å². The zero-order valence-electron chi connectivity index (χ0n) is 13.6. The molecule has 1 atom stereocenters. The van der Waals surface area contributed by atoms with Crippen molar-refractivity contribution in [3.05, 3.63) is 47.6 Å². The summed E-state index contributed by atoms with van der Waals surface area (Å²) < 4.78 is 0. The summed E-state index contributed by atoms with van der Waals surface area (Å²) in [6.45, 7) is 3.83. The van der Waals surface area contributed by atoms with E-state index in [1.54, 1.807) is 12.4 Å². The van der Waals surface area contributed by atoms with Gasteiger partial charge in [-0.1, -0.05) is 13.0 Å². The number of nitrogen functional groups attached to an aromatic ring is 1. The van der Waals surface area contributed by atoms with Crippen molar-refractivity contribution in [3.63, 3.8) is 0 Å². The van der Waals surface area contributed by atoms with Crippen molar-refractivity contribution in [1.29, 1.82) is 5.41 Å². The smallest absolute Gasteiger partial charge is 0.158 e. The third kappa shape index (κ3) is 2.67. The van der Waals surface area contributed by atoms with Crippen molar-refractivity contribution in [3.8, 4) is 0 Å². The summed E-state index contributed by atoms with van der Waals surface area (Å²) in [6.07, 6.45) is 8.85. The summed E-state index contributed by atoms with van der Waals surface area (Å²) in [5.74, 6) is 0.481. The standard InChI is InChI=1S/C18H19N5O/c1-3-17(24)16-4-10(2)13(8-22-16)15-5-11-7-23-18(20)12(6-19)14(11)9-21-15/h4-9,16,19,22H,3H2,1-2H3,(H2,20,23). The van der Waals surface area contributed by atoms with Gasteiger partial charge in [0, 0.05) is 53.1 Å². The second-order valence-corrected chi connectivity index (χ2v) is 5.73. The molecule has 2 aromatic heterocycles. The van der Waals surface area contributed by atoms with Gasteiger partial charge in [0.2, 0.25) is 0 Å². The summed E-state index contributed by atoms with van der Waals surface area (Å²) in [4.78, 5) is 20.5. The van der Waals surface area contributed by atoms with E-state index in [1.165, 1.54) is 6.21 Å². The lowest BCUT2D eigenvalue weighted by Crippen LogP contribution is -2.33. The number of hydrogen-bond acceptors (Lipinski definition) is 6. The first-order valence-corrected chi connectivity index (χ1v) is 7.78. The molecular weight excluding hydrogens is 302 g/mol. The van der Waals surface area contributed by atoms with E-state index in [1.807, 2.05) is 32.2 Å². The number of Topliss-reactive ketones (excluding diaryl/α,β-unsaturated/α-hetero) is 1. The molecule has 1 unspecified atom stereocenters. The molecule has 4 N–H and O–H groups in total. The Balaban J connectivity index is 2.01. The Hall–Kier alpha value is -3.02. The number of carbonyl (C=O) groups excluding carboxylic acids is 1. The lowest BCUT2D eigenvalue weighted by Gasteiger charge is -2.21. The topological polar surface area (TPSA) is 105 Å². The van der Waals surface area contributed by atoms with E-state index in [9.17, 15) is 4.79 Å². The van der Waals surface area contributed by atoms with Crippen LogP contribution in [-0.4, -0.2) is 28.0 Å². The Morgan fingerprint density at radius 3 is 2.88 bits per heavy atom. The van der Waals surface area contributed by atoms with E-state index in [0.29, 0.717) is 17.8 Å². The molecule has 0 amide bonds. The fourth-order valence-corrected chi connectivity index (χ4v) is 2.80. The van der Waals surface area contributed by atoms with Gasteiger partial charge < -0.3 is 16.5 Å². The molecule has 1 aliphatic heterocycles. The lowest BCUT2D eigenvalue weighted by atomic mass is 9.96. The van der Waals surface area contributed by atoms with Crippen LogP contribution in [0.3, 0.4) is 0 Å². The zero-order valence-corrected chi connectivity index (χ0v) is 13.6. The number of dihydropyridines is 1. The number of aromatic nitrogens is 2. The molecule has 0 aliphatic carbocycles. The number of fused-ring (bicyclic) bond motifs is 1. The maximum absolute atomic E-state index is 11.8. The normalized spacial score (nSPS) is 17.0. The van der Waals surface area contributed by atoms with Crippen molar-refractivity contribution in [2.75, 3.05) is 5.73 Å². The minimum atomic E-state index is -0.273. The van der Waals surface area contributed by atoms with E-state index in [0.717, 1.165) is 27.6 Å².